The molecule has 0 radical (unpaired) electrons. The van der Waals surface area contributed by atoms with Gasteiger partial charge in [-0.05, 0) is 20.8 Å². The maximum absolute atomic E-state index is 10.8. The second kappa shape index (κ2) is 4.25. The summed E-state index contributed by atoms with van der Waals surface area (Å²) in [5, 5.41) is 0. The van der Waals surface area contributed by atoms with Gasteiger partial charge in [-0.2, -0.15) is 0 Å². The third-order valence-electron chi connectivity index (χ3n) is 0.722. The molecule has 0 spiro atoms. The number of thiocarbonyl (C=S) groups is 1. The van der Waals surface area contributed by atoms with Crippen LogP contribution in [0.1, 0.15) is 20.8 Å². The van der Waals surface area contributed by atoms with Crippen molar-refractivity contribution in [1.82, 2.24) is 0 Å². The maximum Gasteiger partial charge on any atom is 0.509 e. The quantitative estimate of drug-likeness (QED) is 0.525. The summed E-state index contributed by atoms with van der Waals surface area (Å²) in [6, 6.07) is 0. The number of ether oxygens (including phenoxy) is 2. The van der Waals surface area contributed by atoms with E-state index in [1.165, 1.54) is 0 Å². The predicted molar refractivity (Wildman–Crippen MR) is 49.0 cm³/mol. The van der Waals surface area contributed by atoms with Gasteiger partial charge in [-0.3, -0.25) is 0 Å². The Morgan fingerprint density at radius 2 is 2.00 bits per heavy atom. The zero-order valence-electron chi connectivity index (χ0n) is 7.42. The van der Waals surface area contributed by atoms with Gasteiger partial charge in [0.05, 0.1) is 0 Å². The summed E-state index contributed by atoms with van der Waals surface area (Å²) >= 11 is 4.50. The zero-order chi connectivity index (χ0) is 9.78. The first-order valence-corrected chi connectivity index (χ1v) is 3.86. The van der Waals surface area contributed by atoms with E-state index in [1.807, 2.05) is 0 Å². The van der Waals surface area contributed by atoms with Crippen LogP contribution in [0.25, 0.3) is 0 Å². The van der Waals surface area contributed by atoms with Crippen LogP contribution in [0.15, 0.2) is 0 Å². The number of carbonyl (C=O) groups is 1. The lowest BCUT2D eigenvalue weighted by Gasteiger charge is -2.18. The molecule has 5 heteroatoms. The monoisotopic (exact) mass is 191 g/mol. The third kappa shape index (κ3) is 7.27. The van der Waals surface area contributed by atoms with Gasteiger partial charge in [0.1, 0.15) is 17.2 Å². The molecule has 0 heterocycles. The highest BCUT2D eigenvalue weighted by molar-refractivity contribution is 7.80. The van der Waals surface area contributed by atoms with Crippen molar-refractivity contribution in [1.29, 1.82) is 0 Å². The molecule has 0 aliphatic rings. The number of rotatable bonds is 2. The average Bonchev–Trinajstić information content (AvgIpc) is 1.79. The topological polar surface area (TPSA) is 61.5 Å². The van der Waals surface area contributed by atoms with Crippen LogP contribution in [0.3, 0.4) is 0 Å². The fraction of sp³-hybridized carbons (Fsp3) is 0.714. The minimum atomic E-state index is -0.754. The van der Waals surface area contributed by atoms with Gasteiger partial charge < -0.3 is 15.2 Å². The smallest absolute Gasteiger partial charge is 0.429 e. The van der Waals surface area contributed by atoms with E-state index >= 15 is 0 Å². The molecular formula is C7H13NO3S. The van der Waals surface area contributed by atoms with Crippen LogP contribution in [-0.4, -0.2) is 23.4 Å². The molecular weight excluding hydrogens is 178 g/mol. The van der Waals surface area contributed by atoms with Gasteiger partial charge in [0.15, 0.2) is 0 Å². The Kier molecular flexibility index (Phi) is 3.95. The first kappa shape index (κ1) is 11.2. The van der Waals surface area contributed by atoms with E-state index in [-0.39, 0.29) is 11.6 Å². The first-order valence-electron chi connectivity index (χ1n) is 3.45. The van der Waals surface area contributed by atoms with Crippen molar-refractivity contribution in [2.24, 2.45) is 5.73 Å². The van der Waals surface area contributed by atoms with E-state index in [4.69, 9.17) is 10.5 Å². The van der Waals surface area contributed by atoms with Gasteiger partial charge in [-0.15, -0.1) is 0 Å². The van der Waals surface area contributed by atoms with Gasteiger partial charge in [0, 0.05) is 0 Å². The van der Waals surface area contributed by atoms with Gasteiger partial charge in [-0.1, -0.05) is 12.2 Å². The summed E-state index contributed by atoms with van der Waals surface area (Å²) in [5.41, 5.74) is 4.55. The summed E-state index contributed by atoms with van der Waals surface area (Å²) in [5.74, 6) is 0. The molecule has 0 aromatic rings. The second-order valence-electron chi connectivity index (χ2n) is 3.22. The van der Waals surface area contributed by atoms with Crippen LogP contribution in [0.4, 0.5) is 4.79 Å². The lowest BCUT2D eigenvalue weighted by molar-refractivity contribution is -0.000760. The molecule has 0 fully saturated rings. The Labute approximate surface area is 77.0 Å². The molecule has 12 heavy (non-hydrogen) atoms. The molecule has 0 aliphatic carbocycles. The van der Waals surface area contributed by atoms with Crippen LogP contribution >= 0.6 is 12.2 Å². The molecule has 70 valence electrons. The molecule has 0 aromatic heterocycles. The standard InChI is InChI=1S/C7H13NO3S/c1-7(2,3)11-6(9)10-4-5(8)12/h4H2,1-3H3,(H2,8,12). The minimum Gasteiger partial charge on any atom is -0.429 e. The van der Waals surface area contributed by atoms with E-state index in [0.29, 0.717) is 0 Å². The third-order valence-corrected chi connectivity index (χ3v) is 0.840. The molecule has 0 bridgehead atoms. The van der Waals surface area contributed by atoms with Gasteiger partial charge >= 0.3 is 6.16 Å². The molecule has 4 nitrogen and oxygen atoms in total. The number of hydrogen-bond acceptors (Lipinski definition) is 4. The summed E-state index contributed by atoms with van der Waals surface area (Å²) < 4.78 is 9.36. The van der Waals surface area contributed by atoms with E-state index < -0.39 is 11.8 Å². The van der Waals surface area contributed by atoms with Crippen LogP contribution in [-0.2, 0) is 9.47 Å². The SMILES string of the molecule is CC(C)(C)OC(=O)OCC(N)=S. The van der Waals surface area contributed by atoms with Gasteiger partial charge in [0.25, 0.3) is 0 Å². The first-order chi connectivity index (χ1) is 5.31. The van der Waals surface area contributed by atoms with E-state index in [0.717, 1.165) is 0 Å². The Morgan fingerprint density at radius 1 is 1.50 bits per heavy atom. The number of nitrogens with two attached hydrogens (primary N) is 1. The summed E-state index contributed by atoms with van der Waals surface area (Å²) in [7, 11) is 0. The van der Waals surface area contributed by atoms with Crippen molar-refractivity contribution in [2.45, 2.75) is 26.4 Å². The van der Waals surface area contributed by atoms with E-state index in [1.54, 1.807) is 20.8 Å². The van der Waals surface area contributed by atoms with Crippen molar-refractivity contribution in [3.63, 3.8) is 0 Å². The van der Waals surface area contributed by atoms with Crippen molar-refractivity contribution in [3.05, 3.63) is 0 Å². The Balaban J connectivity index is 3.68. The normalized spacial score (nSPS) is 10.6. The highest BCUT2D eigenvalue weighted by Crippen LogP contribution is 2.07. The Bertz CT molecular complexity index is 186. The number of hydrogen-bond donors (Lipinski definition) is 1. The fourth-order valence-electron chi connectivity index (χ4n) is 0.410. The van der Waals surface area contributed by atoms with Gasteiger partial charge in [0.2, 0.25) is 0 Å². The number of carbonyl (C=O) groups excluding carboxylic acids is 1. The van der Waals surface area contributed by atoms with Crippen molar-refractivity contribution < 1.29 is 14.3 Å². The molecule has 0 aliphatic heterocycles. The van der Waals surface area contributed by atoms with Crippen LogP contribution < -0.4 is 5.73 Å². The second-order valence-corrected chi connectivity index (χ2v) is 3.74. The molecule has 0 rings (SSSR count). The molecule has 0 atom stereocenters. The molecule has 0 amide bonds. The highest BCUT2D eigenvalue weighted by atomic mass is 32.1. The van der Waals surface area contributed by atoms with Crippen LogP contribution in [0.5, 0.6) is 0 Å². The lowest BCUT2D eigenvalue weighted by Crippen LogP contribution is -2.27. The molecule has 0 saturated carbocycles. The van der Waals surface area contributed by atoms with Crippen molar-refractivity contribution in [2.75, 3.05) is 6.61 Å². The molecule has 0 aromatic carbocycles. The van der Waals surface area contributed by atoms with E-state index in [9.17, 15) is 4.79 Å². The van der Waals surface area contributed by atoms with Crippen LogP contribution in [0, 0.1) is 0 Å². The van der Waals surface area contributed by atoms with Crippen molar-refractivity contribution in [3.8, 4) is 0 Å². The maximum atomic E-state index is 10.8. The lowest BCUT2D eigenvalue weighted by atomic mass is 10.2. The minimum absolute atomic E-state index is 0.0791. The van der Waals surface area contributed by atoms with Crippen molar-refractivity contribution >= 4 is 23.4 Å². The average molecular weight is 191 g/mol. The molecule has 2 N–H and O–H groups in total. The summed E-state index contributed by atoms with van der Waals surface area (Å²) in [4.78, 5) is 10.9. The Hall–Kier alpha value is -0.840. The predicted octanol–water partition coefficient (Wildman–Crippen LogP) is 1.22. The zero-order valence-corrected chi connectivity index (χ0v) is 8.23. The van der Waals surface area contributed by atoms with E-state index in [2.05, 4.69) is 17.0 Å². The van der Waals surface area contributed by atoms with Gasteiger partial charge in [-0.25, -0.2) is 4.79 Å². The molecule has 0 unspecified atom stereocenters. The molecule has 0 saturated heterocycles. The summed E-state index contributed by atoms with van der Waals surface area (Å²) in [6.45, 7) is 5.16. The summed E-state index contributed by atoms with van der Waals surface area (Å²) in [6.07, 6.45) is -0.754. The fourth-order valence-corrected chi connectivity index (χ4v) is 0.468. The van der Waals surface area contributed by atoms with Crippen LogP contribution in [0.2, 0.25) is 0 Å². The largest absolute Gasteiger partial charge is 0.509 e. The Morgan fingerprint density at radius 3 is 2.33 bits per heavy atom. The highest BCUT2D eigenvalue weighted by Gasteiger charge is 2.17.